The van der Waals surface area contributed by atoms with E-state index in [1.807, 2.05) is 23.6 Å². The van der Waals surface area contributed by atoms with Crippen LogP contribution in [-0.4, -0.2) is 36.7 Å². The fourth-order valence-corrected chi connectivity index (χ4v) is 3.67. The third-order valence-electron chi connectivity index (χ3n) is 3.82. The maximum absolute atomic E-state index is 12.5. The molecule has 0 radical (unpaired) electrons. The highest BCUT2D eigenvalue weighted by Crippen LogP contribution is 2.15. The van der Waals surface area contributed by atoms with Crippen LogP contribution in [0.1, 0.15) is 11.4 Å². The minimum Gasteiger partial charge on any atom is -0.383 e. The zero-order valence-corrected chi connectivity index (χ0v) is 15.0. The highest BCUT2D eigenvalue weighted by molar-refractivity contribution is 7.89. The molecule has 3 rings (SSSR count). The zero-order chi connectivity index (χ0) is 17.9. The van der Waals surface area contributed by atoms with Crippen molar-refractivity contribution in [3.8, 4) is 0 Å². The Hall–Kier alpha value is -2.29. The van der Waals surface area contributed by atoms with Crippen molar-refractivity contribution in [3.05, 3.63) is 54.0 Å². The molecule has 7 nitrogen and oxygen atoms in total. The maximum atomic E-state index is 12.5. The van der Waals surface area contributed by atoms with Gasteiger partial charge in [0, 0.05) is 19.9 Å². The second kappa shape index (κ2) is 7.30. The summed E-state index contributed by atoms with van der Waals surface area (Å²) in [5, 5.41) is 0. The number of benzene rings is 1. The van der Waals surface area contributed by atoms with Gasteiger partial charge in [0.25, 0.3) is 0 Å². The number of pyridine rings is 1. The van der Waals surface area contributed by atoms with Crippen molar-refractivity contribution in [3.63, 3.8) is 0 Å². The lowest BCUT2D eigenvalue weighted by Crippen LogP contribution is -2.25. The van der Waals surface area contributed by atoms with Crippen molar-refractivity contribution in [1.82, 2.24) is 19.3 Å². The van der Waals surface area contributed by atoms with Gasteiger partial charge in [-0.1, -0.05) is 12.1 Å². The molecule has 0 atom stereocenters. The minimum absolute atomic E-state index is 0.0797. The molecule has 2 heterocycles. The van der Waals surface area contributed by atoms with E-state index in [0.717, 1.165) is 11.1 Å². The molecule has 3 aromatic rings. The van der Waals surface area contributed by atoms with Gasteiger partial charge < -0.3 is 9.30 Å². The molecule has 25 heavy (non-hydrogen) atoms. The third-order valence-corrected chi connectivity index (χ3v) is 5.22. The summed E-state index contributed by atoms with van der Waals surface area (Å²) in [4.78, 5) is 9.08. The molecule has 1 N–H and O–H groups in total. The summed E-state index contributed by atoms with van der Waals surface area (Å²) in [6.45, 7) is 2.97. The number of aromatic nitrogens is 3. The average Bonchev–Trinajstić information content (AvgIpc) is 2.96. The van der Waals surface area contributed by atoms with Gasteiger partial charge in [0.2, 0.25) is 10.0 Å². The normalized spacial score (nSPS) is 11.9. The lowest BCUT2D eigenvalue weighted by Gasteiger charge is -2.10. The Morgan fingerprint density at radius 1 is 1.24 bits per heavy atom. The third kappa shape index (κ3) is 3.87. The van der Waals surface area contributed by atoms with Crippen LogP contribution in [-0.2, 0) is 27.8 Å². The number of rotatable bonds is 7. The molecule has 0 saturated heterocycles. The summed E-state index contributed by atoms with van der Waals surface area (Å²) in [5.41, 5.74) is 2.33. The average molecular weight is 360 g/mol. The van der Waals surface area contributed by atoms with Gasteiger partial charge in [-0.25, -0.2) is 23.1 Å². The van der Waals surface area contributed by atoms with E-state index in [9.17, 15) is 8.42 Å². The molecule has 0 amide bonds. The van der Waals surface area contributed by atoms with Crippen molar-refractivity contribution >= 4 is 21.2 Å². The second-order valence-electron chi connectivity index (χ2n) is 5.66. The first-order valence-corrected chi connectivity index (χ1v) is 9.35. The highest BCUT2D eigenvalue weighted by Gasteiger charge is 2.17. The van der Waals surface area contributed by atoms with Gasteiger partial charge in [-0.05, 0) is 36.8 Å². The molecule has 0 bridgehead atoms. The number of fused-ring (bicyclic) bond motifs is 1. The second-order valence-corrected chi connectivity index (χ2v) is 7.43. The van der Waals surface area contributed by atoms with E-state index in [0.29, 0.717) is 24.6 Å². The van der Waals surface area contributed by atoms with Crippen LogP contribution in [0, 0.1) is 6.92 Å². The Balaban J connectivity index is 1.87. The number of nitrogens with one attached hydrogen (secondary N) is 1. The van der Waals surface area contributed by atoms with E-state index >= 15 is 0 Å². The smallest absolute Gasteiger partial charge is 0.240 e. The number of hydrogen-bond donors (Lipinski definition) is 1. The van der Waals surface area contributed by atoms with Crippen molar-refractivity contribution in [2.75, 3.05) is 13.7 Å². The van der Waals surface area contributed by atoms with Crippen LogP contribution in [0.15, 0.2) is 47.5 Å². The van der Waals surface area contributed by atoms with Gasteiger partial charge >= 0.3 is 0 Å². The number of nitrogens with zero attached hydrogens (tertiary/aromatic N) is 3. The summed E-state index contributed by atoms with van der Waals surface area (Å²) in [7, 11) is -1.99. The number of aryl methyl sites for hydroxylation is 1. The zero-order valence-electron chi connectivity index (χ0n) is 14.1. The van der Waals surface area contributed by atoms with E-state index in [-0.39, 0.29) is 11.4 Å². The van der Waals surface area contributed by atoms with Crippen LogP contribution in [0.4, 0.5) is 0 Å². The van der Waals surface area contributed by atoms with E-state index in [2.05, 4.69) is 14.7 Å². The van der Waals surface area contributed by atoms with E-state index in [1.54, 1.807) is 37.6 Å². The molecule has 1 aromatic carbocycles. The van der Waals surface area contributed by atoms with Crippen molar-refractivity contribution < 1.29 is 13.2 Å². The standard InChI is InChI=1S/C17H20N4O3S/c1-13-5-3-6-14(11-13)25(22,23)19-12-16-20-15-7-4-8-18-17(15)21(16)9-10-24-2/h3-8,11,19H,9-10,12H2,1-2H3. The molecular formula is C17H20N4O3S. The predicted octanol–water partition coefficient (Wildman–Crippen LogP) is 1.86. The monoisotopic (exact) mass is 360 g/mol. The number of hydrogen-bond acceptors (Lipinski definition) is 5. The first-order valence-electron chi connectivity index (χ1n) is 7.86. The summed E-state index contributed by atoms with van der Waals surface area (Å²) in [6, 6.07) is 10.4. The lowest BCUT2D eigenvalue weighted by molar-refractivity contribution is 0.187. The predicted molar refractivity (Wildman–Crippen MR) is 94.6 cm³/mol. The van der Waals surface area contributed by atoms with Crippen molar-refractivity contribution in [2.24, 2.45) is 0 Å². The molecule has 0 aliphatic carbocycles. The Morgan fingerprint density at radius 3 is 2.84 bits per heavy atom. The van der Waals surface area contributed by atoms with Gasteiger partial charge in [-0.15, -0.1) is 0 Å². The molecule has 0 saturated carbocycles. The lowest BCUT2D eigenvalue weighted by atomic mass is 10.2. The Labute approximate surface area is 146 Å². The van der Waals surface area contributed by atoms with Crippen LogP contribution in [0.25, 0.3) is 11.2 Å². The summed E-state index contributed by atoms with van der Waals surface area (Å²) < 4.78 is 34.6. The molecular weight excluding hydrogens is 340 g/mol. The summed E-state index contributed by atoms with van der Waals surface area (Å²) in [5.74, 6) is 0.599. The SMILES string of the molecule is COCCn1c(CNS(=O)(=O)c2cccc(C)c2)nc2cccnc21. The van der Waals surface area contributed by atoms with Gasteiger partial charge in [-0.2, -0.15) is 0 Å². The largest absolute Gasteiger partial charge is 0.383 e. The Morgan fingerprint density at radius 2 is 2.08 bits per heavy atom. The van der Waals surface area contributed by atoms with Crippen molar-refractivity contribution in [1.29, 1.82) is 0 Å². The molecule has 0 aliphatic heterocycles. The van der Waals surface area contributed by atoms with Crippen LogP contribution in [0.2, 0.25) is 0 Å². The Bertz CT molecular complexity index is 982. The molecule has 8 heteroatoms. The quantitative estimate of drug-likeness (QED) is 0.695. The van der Waals surface area contributed by atoms with Gasteiger partial charge in [0.1, 0.15) is 11.3 Å². The number of imidazole rings is 1. The fraction of sp³-hybridized carbons (Fsp3) is 0.294. The van der Waals surface area contributed by atoms with Crippen LogP contribution in [0.3, 0.4) is 0 Å². The molecule has 0 fully saturated rings. The molecule has 0 spiro atoms. The molecule has 0 unspecified atom stereocenters. The Kier molecular flexibility index (Phi) is 5.12. The summed E-state index contributed by atoms with van der Waals surface area (Å²) in [6.07, 6.45) is 1.69. The van der Waals surface area contributed by atoms with Crippen molar-refractivity contribution in [2.45, 2.75) is 24.9 Å². The first kappa shape index (κ1) is 17.5. The number of methoxy groups -OCH3 is 1. The van der Waals surface area contributed by atoms with Gasteiger partial charge in [0.05, 0.1) is 18.0 Å². The van der Waals surface area contributed by atoms with E-state index in [4.69, 9.17) is 4.74 Å². The minimum atomic E-state index is -3.61. The summed E-state index contributed by atoms with van der Waals surface area (Å²) >= 11 is 0. The molecule has 132 valence electrons. The van der Waals surface area contributed by atoms with Crippen LogP contribution in [0.5, 0.6) is 0 Å². The molecule has 2 aromatic heterocycles. The number of ether oxygens (including phenoxy) is 1. The van der Waals surface area contributed by atoms with Crippen LogP contribution >= 0.6 is 0 Å². The van der Waals surface area contributed by atoms with E-state index in [1.165, 1.54) is 0 Å². The maximum Gasteiger partial charge on any atom is 0.240 e. The van der Waals surface area contributed by atoms with Gasteiger partial charge in [-0.3, -0.25) is 0 Å². The van der Waals surface area contributed by atoms with E-state index < -0.39 is 10.0 Å². The van der Waals surface area contributed by atoms with Gasteiger partial charge in [0.15, 0.2) is 5.65 Å². The van der Waals surface area contributed by atoms with Crippen LogP contribution < -0.4 is 4.72 Å². The highest BCUT2D eigenvalue weighted by atomic mass is 32.2. The topological polar surface area (TPSA) is 86.1 Å². The first-order chi connectivity index (χ1) is 12.0. The fourth-order valence-electron chi connectivity index (χ4n) is 2.58. The molecule has 0 aliphatic rings. The number of sulfonamides is 1.